The first-order valence-electron chi connectivity index (χ1n) is 15.1. The number of piperazine rings is 2. The third-order valence-electron chi connectivity index (χ3n) is 8.97. The number of carbonyl (C=O) groups excluding carboxylic acids is 1. The number of ether oxygens (including phenoxy) is 2. The van der Waals surface area contributed by atoms with Crippen LogP contribution in [0.15, 0.2) is 72.8 Å². The molecule has 2 saturated heterocycles. The molecule has 2 aliphatic heterocycles. The quantitative estimate of drug-likeness (QED) is 0.250. The Morgan fingerprint density at radius 2 is 1.54 bits per heavy atom. The highest BCUT2D eigenvalue weighted by molar-refractivity contribution is 5.85. The number of carbonyl (C=O) groups is 1. The summed E-state index contributed by atoms with van der Waals surface area (Å²) in [6.45, 7) is 5.16. The van der Waals surface area contributed by atoms with Gasteiger partial charge in [0, 0.05) is 64.2 Å². The Balaban J connectivity index is 0.00000260. The van der Waals surface area contributed by atoms with Crippen molar-refractivity contribution in [3.8, 4) is 17.2 Å². The van der Waals surface area contributed by atoms with Crippen LogP contribution in [0.25, 0.3) is 5.69 Å². The molecule has 3 heterocycles. The summed E-state index contributed by atoms with van der Waals surface area (Å²) in [7, 11) is 2.93. The van der Waals surface area contributed by atoms with E-state index in [9.17, 15) is 18.0 Å². The standard InChI is InChI=1S/C33H36F3N7O3.2ClH/c1-22(44)41-16-17-42-25(19-41)18-40(21-28(42)30(23-10-6-4-7-11-23)24-12-8-5-9-13-24)20-26-29(45-2)15-14-27(31(26)46-3)43-32(33(34,35)36)37-38-39-43;;/h4-15,25,28,30H,16-21H2,1-3H3;2*1H/t25-,28?;;/m1../s1. The van der Waals surface area contributed by atoms with Crippen molar-refractivity contribution in [1.82, 2.24) is 34.9 Å². The Hall–Kier alpha value is -3.91. The molecule has 1 unspecified atom stereocenters. The molecule has 0 spiro atoms. The molecule has 1 amide bonds. The van der Waals surface area contributed by atoms with Crippen molar-refractivity contribution < 1.29 is 27.4 Å². The molecule has 48 heavy (non-hydrogen) atoms. The van der Waals surface area contributed by atoms with Gasteiger partial charge in [0.05, 0.1) is 19.8 Å². The first-order chi connectivity index (χ1) is 22.2. The topological polar surface area (TPSA) is 88.8 Å². The van der Waals surface area contributed by atoms with Gasteiger partial charge in [0.2, 0.25) is 5.91 Å². The fourth-order valence-electron chi connectivity index (χ4n) is 6.96. The fourth-order valence-corrected chi connectivity index (χ4v) is 6.96. The number of tetrazole rings is 1. The van der Waals surface area contributed by atoms with Crippen molar-refractivity contribution in [2.45, 2.75) is 37.6 Å². The molecule has 1 aromatic heterocycles. The lowest BCUT2D eigenvalue weighted by Crippen LogP contribution is -2.67. The van der Waals surface area contributed by atoms with Crippen molar-refractivity contribution >= 4 is 30.7 Å². The molecular weight excluding hydrogens is 670 g/mol. The van der Waals surface area contributed by atoms with Crippen molar-refractivity contribution in [3.05, 3.63) is 95.3 Å². The number of rotatable bonds is 8. The monoisotopic (exact) mass is 707 g/mol. The summed E-state index contributed by atoms with van der Waals surface area (Å²) in [5.41, 5.74) is 3.00. The Morgan fingerprint density at radius 3 is 2.10 bits per heavy atom. The van der Waals surface area contributed by atoms with Crippen LogP contribution in [0.4, 0.5) is 13.2 Å². The molecule has 15 heteroatoms. The van der Waals surface area contributed by atoms with Crippen LogP contribution >= 0.6 is 24.8 Å². The first kappa shape index (κ1) is 36.9. The highest BCUT2D eigenvalue weighted by atomic mass is 35.5. The number of halogens is 5. The van der Waals surface area contributed by atoms with Crippen LogP contribution in [0.5, 0.6) is 11.5 Å². The van der Waals surface area contributed by atoms with E-state index in [2.05, 4.69) is 49.6 Å². The summed E-state index contributed by atoms with van der Waals surface area (Å²) in [5.74, 6) is -0.530. The number of benzene rings is 3. The minimum absolute atomic E-state index is 0. The normalized spacial score (nSPS) is 18.4. The molecule has 258 valence electrons. The minimum Gasteiger partial charge on any atom is -0.496 e. The van der Waals surface area contributed by atoms with Crippen LogP contribution in [0.3, 0.4) is 0 Å². The number of hydrogen-bond donors (Lipinski definition) is 0. The molecule has 0 bridgehead atoms. The molecule has 10 nitrogen and oxygen atoms in total. The van der Waals surface area contributed by atoms with Crippen LogP contribution in [0.1, 0.15) is 35.4 Å². The summed E-state index contributed by atoms with van der Waals surface area (Å²) < 4.78 is 53.5. The largest absolute Gasteiger partial charge is 0.496 e. The SMILES string of the molecule is COc1ccc(-n2nnnc2C(F)(F)F)c(OC)c1CN1CC(C(c2ccccc2)c2ccccc2)N2CCN(C(C)=O)C[C@H]2C1.Cl.Cl. The second-order valence-electron chi connectivity index (χ2n) is 11.6. The van der Waals surface area contributed by atoms with Crippen molar-refractivity contribution in [3.63, 3.8) is 0 Å². The van der Waals surface area contributed by atoms with Crippen LogP contribution in [-0.4, -0.2) is 99.8 Å². The zero-order valence-electron chi connectivity index (χ0n) is 26.7. The molecule has 2 aliphatic rings. The van der Waals surface area contributed by atoms with Crippen molar-refractivity contribution in [2.24, 2.45) is 0 Å². The predicted octanol–water partition coefficient (Wildman–Crippen LogP) is 5.09. The molecule has 6 rings (SSSR count). The Bertz CT molecular complexity index is 1620. The van der Waals surface area contributed by atoms with Gasteiger partial charge >= 0.3 is 6.18 Å². The maximum atomic E-state index is 13.8. The second kappa shape index (κ2) is 15.5. The van der Waals surface area contributed by atoms with E-state index < -0.39 is 12.0 Å². The summed E-state index contributed by atoms with van der Waals surface area (Å²) >= 11 is 0. The predicted molar refractivity (Wildman–Crippen MR) is 178 cm³/mol. The van der Waals surface area contributed by atoms with E-state index in [1.807, 2.05) is 41.3 Å². The Labute approximate surface area is 289 Å². The third kappa shape index (κ3) is 7.39. The van der Waals surface area contributed by atoms with Crippen LogP contribution < -0.4 is 9.47 Å². The van der Waals surface area contributed by atoms with Gasteiger partial charge in [0.25, 0.3) is 5.82 Å². The molecule has 3 aromatic carbocycles. The van der Waals surface area contributed by atoms with Crippen LogP contribution in [0.2, 0.25) is 0 Å². The number of nitrogens with zero attached hydrogens (tertiary/aromatic N) is 7. The Kier molecular flexibility index (Phi) is 12.0. The lowest BCUT2D eigenvalue weighted by atomic mass is 9.81. The number of alkyl halides is 3. The average molecular weight is 709 g/mol. The van der Waals surface area contributed by atoms with Gasteiger partial charge in [0.1, 0.15) is 11.4 Å². The van der Waals surface area contributed by atoms with Crippen molar-refractivity contribution in [1.29, 1.82) is 0 Å². The molecule has 0 N–H and O–H groups in total. The number of methoxy groups -OCH3 is 2. The van der Waals surface area contributed by atoms with E-state index in [4.69, 9.17) is 9.47 Å². The summed E-state index contributed by atoms with van der Waals surface area (Å²) in [5, 5.41) is 10.2. The minimum atomic E-state index is -4.77. The Morgan fingerprint density at radius 1 is 0.896 bits per heavy atom. The second-order valence-corrected chi connectivity index (χ2v) is 11.6. The fraction of sp³-hybridized carbons (Fsp3) is 0.394. The van der Waals surface area contributed by atoms with Gasteiger partial charge in [-0.25, -0.2) is 0 Å². The van der Waals surface area contributed by atoms with Gasteiger partial charge in [-0.15, -0.1) is 29.9 Å². The molecule has 2 atom stereocenters. The highest BCUT2D eigenvalue weighted by Crippen LogP contribution is 2.40. The van der Waals surface area contributed by atoms with E-state index in [0.29, 0.717) is 48.7 Å². The van der Waals surface area contributed by atoms with E-state index in [1.165, 1.54) is 31.4 Å². The summed E-state index contributed by atoms with van der Waals surface area (Å²) in [4.78, 5) is 19.2. The maximum absolute atomic E-state index is 13.8. The number of amides is 1. The van der Waals surface area contributed by atoms with Gasteiger partial charge in [-0.3, -0.25) is 14.6 Å². The lowest BCUT2D eigenvalue weighted by molar-refractivity contribution is -0.146. The number of aromatic nitrogens is 4. The summed E-state index contributed by atoms with van der Waals surface area (Å²) in [6, 6.07) is 23.9. The third-order valence-corrected chi connectivity index (χ3v) is 8.97. The van der Waals surface area contributed by atoms with Gasteiger partial charge in [-0.05, 0) is 33.7 Å². The maximum Gasteiger partial charge on any atom is 0.453 e. The van der Waals surface area contributed by atoms with Crippen LogP contribution in [0, 0.1) is 0 Å². The van der Waals surface area contributed by atoms with E-state index in [-0.39, 0.29) is 60.2 Å². The number of fused-ring (bicyclic) bond motifs is 1. The van der Waals surface area contributed by atoms with E-state index in [0.717, 1.165) is 6.54 Å². The first-order valence-corrected chi connectivity index (χ1v) is 15.1. The lowest BCUT2D eigenvalue weighted by Gasteiger charge is -2.53. The molecule has 2 fully saturated rings. The summed E-state index contributed by atoms with van der Waals surface area (Å²) in [6.07, 6.45) is -4.77. The molecular formula is C33H38Cl2F3N7O3. The van der Waals surface area contributed by atoms with Crippen molar-refractivity contribution in [2.75, 3.05) is 46.9 Å². The van der Waals surface area contributed by atoms with Gasteiger partial charge < -0.3 is 14.4 Å². The zero-order chi connectivity index (χ0) is 32.4. The number of hydrogen-bond acceptors (Lipinski definition) is 8. The highest BCUT2D eigenvalue weighted by Gasteiger charge is 2.43. The zero-order valence-corrected chi connectivity index (χ0v) is 28.3. The van der Waals surface area contributed by atoms with E-state index >= 15 is 0 Å². The van der Waals surface area contributed by atoms with Crippen LogP contribution in [-0.2, 0) is 17.5 Å². The van der Waals surface area contributed by atoms with Gasteiger partial charge in [-0.1, -0.05) is 60.7 Å². The molecule has 4 aromatic rings. The molecule has 0 saturated carbocycles. The van der Waals surface area contributed by atoms with Gasteiger partial charge in [0.15, 0.2) is 5.75 Å². The molecule has 0 aliphatic carbocycles. The van der Waals surface area contributed by atoms with E-state index in [1.54, 1.807) is 13.0 Å². The van der Waals surface area contributed by atoms with Gasteiger partial charge in [-0.2, -0.15) is 17.9 Å². The molecule has 0 radical (unpaired) electrons. The average Bonchev–Trinajstić information content (AvgIpc) is 3.56. The smallest absolute Gasteiger partial charge is 0.453 e.